The van der Waals surface area contributed by atoms with Gasteiger partial charge in [-0.3, -0.25) is 9.69 Å². The molecule has 1 aromatic carbocycles. The summed E-state index contributed by atoms with van der Waals surface area (Å²) < 4.78 is 0. The number of hydrazine groups is 1. The molecule has 9 heteroatoms. The molecule has 0 atom stereocenters. The highest BCUT2D eigenvalue weighted by molar-refractivity contribution is 6.40. The van der Waals surface area contributed by atoms with Gasteiger partial charge in [0.25, 0.3) is 5.91 Å². The van der Waals surface area contributed by atoms with E-state index >= 15 is 0 Å². The lowest BCUT2D eigenvalue weighted by molar-refractivity contribution is 0.0982. The summed E-state index contributed by atoms with van der Waals surface area (Å²) in [6.45, 7) is 1.04. The van der Waals surface area contributed by atoms with E-state index in [2.05, 4.69) is 20.8 Å². The number of aromatic amines is 1. The monoisotopic (exact) mass is 414 g/mol. The number of hydrogen-bond donors (Lipinski definition) is 3. The summed E-state index contributed by atoms with van der Waals surface area (Å²) >= 11 is 12.7. The highest BCUT2D eigenvalue weighted by atomic mass is 35.5. The molecular weight excluding hydrogens is 399 g/mol. The van der Waals surface area contributed by atoms with Gasteiger partial charge in [-0.2, -0.15) is 0 Å². The van der Waals surface area contributed by atoms with Gasteiger partial charge >= 0.3 is 0 Å². The lowest BCUT2D eigenvalue weighted by Gasteiger charge is -2.36. The second-order valence-electron chi connectivity index (χ2n) is 6.78. The first-order valence-corrected chi connectivity index (χ1v) is 9.46. The van der Waals surface area contributed by atoms with Gasteiger partial charge in [0.1, 0.15) is 5.65 Å². The van der Waals surface area contributed by atoms with Gasteiger partial charge < -0.3 is 15.3 Å². The normalized spacial score (nSPS) is 16.4. The molecule has 0 bridgehead atoms. The zero-order chi connectivity index (χ0) is 19.4. The molecule has 2 aliphatic heterocycles. The third kappa shape index (κ3) is 2.55. The molecule has 0 spiro atoms. The number of H-pyrrole nitrogens is 1. The van der Waals surface area contributed by atoms with Gasteiger partial charge in [-0.05, 0) is 18.2 Å². The number of carbonyl (C=O) groups excluding carboxylic acids is 1. The van der Waals surface area contributed by atoms with Crippen molar-refractivity contribution >= 4 is 57.1 Å². The van der Waals surface area contributed by atoms with E-state index in [9.17, 15) is 4.79 Å². The first-order valence-electron chi connectivity index (χ1n) is 8.71. The van der Waals surface area contributed by atoms with Crippen LogP contribution in [-0.2, 0) is 0 Å². The van der Waals surface area contributed by atoms with Crippen molar-refractivity contribution in [3.05, 3.63) is 58.0 Å². The van der Waals surface area contributed by atoms with E-state index in [0.717, 1.165) is 28.0 Å². The molecule has 142 valence electrons. The second-order valence-corrected chi connectivity index (χ2v) is 7.59. The van der Waals surface area contributed by atoms with Gasteiger partial charge in [0.15, 0.2) is 0 Å². The number of para-hydroxylation sites is 1. The highest BCUT2D eigenvalue weighted by Gasteiger charge is 2.33. The zero-order valence-electron chi connectivity index (χ0n) is 14.9. The minimum absolute atomic E-state index is 0.177. The maximum absolute atomic E-state index is 13.3. The van der Waals surface area contributed by atoms with Gasteiger partial charge in [0.05, 0.1) is 33.7 Å². The number of nitrogens with zero attached hydrogens (tertiary/aromatic N) is 3. The number of hydrogen-bond acceptors (Lipinski definition) is 5. The van der Waals surface area contributed by atoms with E-state index in [1.54, 1.807) is 29.3 Å². The molecule has 3 aromatic rings. The van der Waals surface area contributed by atoms with E-state index in [0.29, 0.717) is 34.5 Å². The number of anilines is 2. The predicted octanol–water partition coefficient (Wildman–Crippen LogP) is 3.37. The smallest absolute Gasteiger partial charge is 0.263 e. The number of aromatic nitrogens is 2. The molecule has 28 heavy (non-hydrogen) atoms. The van der Waals surface area contributed by atoms with E-state index in [-0.39, 0.29) is 5.91 Å². The molecule has 2 aromatic heterocycles. The van der Waals surface area contributed by atoms with Crippen LogP contribution >= 0.6 is 23.2 Å². The number of amides is 1. The van der Waals surface area contributed by atoms with Crippen LogP contribution in [0.2, 0.25) is 10.0 Å². The van der Waals surface area contributed by atoms with E-state index in [1.807, 2.05) is 24.2 Å². The summed E-state index contributed by atoms with van der Waals surface area (Å²) in [5, 5.41) is 1.77. The molecule has 3 N–H and O–H groups in total. The molecule has 0 radical (unpaired) electrons. The first kappa shape index (κ1) is 17.4. The van der Waals surface area contributed by atoms with Crippen LogP contribution in [0, 0.1) is 0 Å². The van der Waals surface area contributed by atoms with Crippen molar-refractivity contribution in [2.75, 3.05) is 30.1 Å². The van der Waals surface area contributed by atoms with Crippen LogP contribution in [0.3, 0.4) is 0 Å². The molecule has 0 saturated carbocycles. The lowest BCUT2D eigenvalue weighted by atomic mass is 10.1. The molecule has 0 unspecified atom stereocenters. The van der Waals surface area contributed by atoms with Crippen LogP contribution in [0.4, 0.5) is 11.4 Å². The fourth-order valence-corrected chi connectivity index (χ4v) is 4.32. The Morgan fingerprint density at radius 2 is 1.96 bits per heavy atom. The van der Waals surface area contributed by atoms with Crippen LogP contribution < -0.4 is 20.7 Å². The molecule has 1 amide bonds. The van der Waals surface area contributed by atoms with Crippen LogP contribution in [0.5, 0.6) is 0 Å². The van der Waals surface area contributed by atoms with Gasteiger partial charge in [0, 0.05) is 42.6 Å². The average Bonchev–Trinajstić information content (AvgIpc) is 3.33. The van der Waals surface area contributed by atoms with E-state index < -0.39 is 0 Å². The van der Waals surface area contributed by atoms with Crippen LogP contribution in [0.1, 0.15) is 16.1 Å². The molecule has 0 saturated heterocycles. The Morgan fingerprint density at radius 1 is 1.18 bits per heavy atom. The maximum atomic E-state index is 13.3. The highest BCUT2D eigenvalue weighted by Crippen LogP contribution is 2.40. The number of benzene rings is 1. The van der Waals surface area contributed by atoms with Gasteiger partial charge in [0.2, 0.25) is 0 Å². The number of pyridine rings is 1. The summed E-state index contributed by atoms with van der Waals surface area (Å²) in [5.74, 6) is -0.177. The Labute approximate surface area is 170 Å². The van der Waals surface area contributed by atoms with Gasteiger partial charge in [-0.15, -0.1) is 0 Å². The Balaban J connectivity index is 1.64. The third-order valence-electron chi connectivity index (χ3n) is 5.02. The second kappa shape index (κ2) is 6.41. The van der Waals surface area contributed by atoms with Crippen LogP contribution in [-0.4, -0.2) is 36.1 Å². The Morgan fingerprint density at radius 3 is 2.68 bits per heavy atom. The molecule has 2 aliphatic rings. The Bertz CT molecular complexity index is 1130. The quantitative estimate of drug-likeness (QED) is 0.599. The molecular formula is C19H16Cl2N6O. The van der Waals surface area contributed by atoms with Crippen molar-refractivity contribution in [1.82, 2.24) is 20.8 Å². The van der Waals surface area contributed by atoms with Crippen LogP contribution in [0.15, 0.2) is 36.7 Å². The molecule has 7 nitrogen and oxygen atoms in total. The van der Waals surface area contributed by atoms with E-state index in [1.165, 1.54) is 0 Å². The summed E-state index contributed by atoms with van der Waals surface area (Å²) in [6, 6.07) is 7.24. The van der Waals surface area contributed by atoms with Crippen molar-refractivity contribution < 1.29 is 4.79 Å². The minimum atomic E-state index is -0.177. The van der Waals surface area contributed by atoms with E-state index in [4.69, 9.17) is 23.2 Å². The molecule has 4 heterocycles. The van der Waals surface area contributed by atoms with Crippen molar-refractivity contribution in [2.45, 2.75) is 0 Å². The van der Waals surface area contributed by atoms with Crippen molar-refractivity contribution in [3.8, 4) is 0 Å². The van der Waals surface area contributed by atoms with Crippen molar-refractivity contribution in [2.24, 2.45) is 0 Å². The number of halogens is 2. The lowest BCUT2D eigenvalue weighted by Crippen LogP contribution is -2.45. The largest absolute Gasteiger partial charge is 0.355 e. The Kier molecular flexibility index (Phi) is 3.97. The Hall–Kier alpha value is -2.74. The fraction of sp³-hybridized carbons (Fsp3) is 0.158. The summed E-state index contributed by atoms with van der Waals surface area (Å²) in [7, 11) is 1.94. The fourth-order valence-electron chi connectivity index (χ4n) is 3.72. The average molecular weight is 415 g/mol. The van der Waals surface area contributed by atoms with Crippen molar-refractivity contribution in [3.63, 3.8) is 0 Å². The maximum Gasteiger partial charge on any atom is 0.263 e. The summed E-state index contributed by atoms with van der Waals surface area (Å²) in [6.07, 6.45) is 3.51. The number of rotatable bonds is 2. The third-order valence-corrected chi connectivity index (χ3v) is 5.63. The van der Waals surface area contributed by atoms with Crippen LogP contribution in [0.25, 0.3) is 16.6 Å². The minimum Gasteiger partial charge on any atom is -0.355 e. The SMILES string of the molecule is CN1CN(c2c(Cl)cccc2Cl)C(=O)c2cnc3[nH]c(C4=CNNC4)cc3c21. The van der Waals surface area contributed by atoms with Gasteiger partial charge in [-0.25, -0.2) is 10.4 Å². The molecule has 0 fully saturated rings. The first-order chi connectivity index (χ1) is 13.5. The number of fused-ring (bicyclic) bond motifs is 3. The zero-order valence-corrected chi connectivity index (χ0v) is 16.4. The topological polar surface area (TPSA) is 76.3 Å². The number of nitrogens with one attached hydrogen (secondary N) is 3. The summed E-state index contributed by atoms with van der Waals surface area (Å²) in [5.41, 5.74) is 10.7. The standard InChI is InChI=1S/C19H16Cl2N6O/c1-26-9-27(17-13(20)3-2-4-14(17)21)19(28)12-8-22-18-11(16(12)26)5-15(25-18)10-6-23-24-7-10/h2-6,8,23-24H,7,9H2,1H3,(H,22,25). The molecule has 5 rings (SSSR count). The van der Waals surface area contributed by atoms with Gasteiger partial charge in [-0.1, -0.05) is 29.3 Å². The number of carbonyl (C=O) groups is 1. The predicted molar refractivity (Wildman–Crippen MR) is 112 cm³/mol. The summed E-state index contributed by atoms with van der Waals surface area (Å²) in [4.78, 5) is 24.7. The molecule has 0 aliphatic carbocycles. The van der Waals surface area contributed by atoms with Crippen molar-refractivity contribution in [1.29, 1.82) is 0 Å².